The van der Waals surface area contributed by atoms with Gasteiger partial charge in [-0.05, 0) is 24.6 Å². The summed E-state index contributed by atoms with van der Waals surface area (Å²) in [4.78, 5) is 56.9. The van der Waals surface area contributed by atoms with E-state index in [1.807, 2.05) is 30.3 Å². The van der Waals surface area contributed by atoms with Crippen molar-refractivity contribution in [1.29, 1.82) is 0 Å². The van der Waals surface area contributed by atoms with Gasteiger partial charge in [-0.1, -0.05) is 56.7 Å². The summed E-state index contributed by atoms with van der Waals surface area (Å²) >= 11 is 0. The zero-order valence-corrected chi connectivity index (χ0v) is 25.5. The molecule has 4 rings (SSSR count). The summed E-state index contributed by atoms with van der Waals surface area (Å²) in [6.07, 6.45) is -2.23. The molecule has 2 saturated heterocycles. The molecule has 242 valence electrons. The summed E-state index contributed by atoms with van der Waals surface area (Å²) in [6.45, 7) is 3.82. The number of amides is 5. The lowest BCUT2D eigenvalue weighted by molar-refractivity contribution is -0.157. The third-order valence-electron chi connectivity index (χ3n) is 6.54. The maximum absolute atomic E-state index is 13.2. The van der Waals surface area contributed by atoms with Crippen molar-refractivity contribution >= 4 is 23.8 Å². The van der Waals surface area contributed by atoms with E-state index in [0.717, 1.165) is 4.90 Å². The van der Waals surface area contributed by atoms with Crippen molar-refractivity contribution in [3.8, 4) is 0 Å². The molecule has 44 heavy (non-hydrogen) atoms. The highest BCUT2D eigenvalue weighted by atomic mass is 19.4. The first-order valence-corrected chi connectivity index (χ1v) is 14.2. The van der Waals surface area contributed by atoms with Crippen LogP contribution in [0.2, 0.25) is 0 Å². The van der Waals surface area contributed by atoms with E-state index < -0.39 is 54.6 Å². The second-order valence-electron chi connectivity index (χ2n) is 10.4. The van der Waals surface area contributed by atoms with Crippen LogP contribution in [0.5, 0.6) is 0 Å². The molecule has 2 unspecified atom stereocenters. The fourth-order valence-electron chi connectivity index (χ4n) is 4.60. The molecular formula is C30H41F3N6O5. The summed E-state index contributed by atoms with van der Waals surface area (Å²) in [6, 6.07) is 13.1. The molecule has 3 N–H and O–H groups in total. The van der Waals surface area contributed by atoms with E-state index in [1.54, 1.807) is 25.3 Å². The molecular weight excluding hydrogens is 581 g/mol. The average molecular weight is 623 g/mol. The first-order chi connectivity index (χ1) is 20.8. The lowest BCUT2D eigenvalue weighted by atomic mass is 9.88. The molecule has 0 aliphatic carbocycles. The number of nitrogens with two attached hydrogens (primary N) is 1. The first-order valence-electron chi connectivity index (χ1n) is 14.2. The number of fused-ring (bicyclic) bond motifs is 1. The van der Waals surface area contributed by atoms with E-state index in [1.165, 1.54) is 30.0 Å². The van der Waals surface area contributed by atoms with E-state index in [4.69, 9.17) is 10.5 Å². The van der Waals surface area contributed by atoms with Crippen LogP contribution in [0.4, 0.5) is 18.0 Å². The van der Waals surface area contributed by atoms with Crippen LogP contribution >= 0.6 is 0 Å². The van der Waals surface area contributed by atoms with Gasteiger partial charge < -0.3 is 25.6 Å². The number of aromatic nitrogens is 1. The van der Waals surface area contributed by atoms with E-state index >= 15 is 0 Å². The van der Waals surface area contributed by atoms with Gasteiger partial charge in [0.25, 0.3) is 5.91 Å². The molecule has 0 radical (unpaired) electrons. The standard InChI is InChI=1S/C19H23F3N6O4.C8H10O.C3H8/c1-12(23)15(30)25-9-14(29)26-6-7-28-17(32)27(11-19(20,21)22)16(31)18(28,10-26)8-13-4-2-3-5-24-13;1-9-7-8-5-3-2-4-6-8;1-3-2/h2-5,12H,6-11,23H2,1H3,(H,25,30);2-6H,7H2,1H3;3H2,1-2H3. The predicted molar refractivity (Wildman–Crippen MR) is 157 cm³/mol. The molecule has 2 fully saturated rings. The summed E-state index contributed by atoms with van der Waals surface area (Å²) < 4.78 is 44.0. The monoisotopic (exact) mass is 622 g/mol. The van der Waals surface area contributed by atoms with Crippen molar-refractivity contribution in [3.63, 3.8) is 0 Å². The molecule has 14 heteroatoms. The number of nitrogens with zero attached hydrogens (tertiary/aromatic N) is 4. The molecule has 0 bridgehead atoms. The Balaban J connectivity index is 0.000000471. The fraction of sp³-hybridized carbons (Fsp3) is 0.500. The number of hydrogen-bond donors (Lipinski definition) is 2. The number of urea groups is 1. The molecule has 0 saturated carbocycles. The molecule has 2 aliphatic heterocycles. The average Bonchev–Trinajstić information content (AvgIpc) is 3.17. The number of ether oxygens (including phenoxy) is 1. The molecule has 1 aromatic heterocycles. The number of pyridine rings is 1. The Kier molecular flexibility index (Phi) is 13.7. The highest BCUT2D eigenvalue weighted by Crippen LogP contribution is 2.36. The van der Waals surface area contributed by atoms with Gasteiger partial charge in [0.15, 0.2) is 0 Å². The van der Waals surface area contributed by atoms with Crippen LogP contribution in [0.15, 0.2) is 54.7 Å². The quantitative estimate of drug-likeness (QED) is 0.432. The normalized spacial score (nSPS) is 18.4. The van der Waals surface area contributed by atoms with Gasteiger partial charge >= 0.3 is 12.2 Å². The lowest BCUT2D eigenvalue weighted by Crippen LogP contribution is -2.65. The Bertz CT molecular complexity index is 1230. The Morgan fingerprint density at radius 1 is 1.09 bits per heavy atom. The third-order valence-corrected chi connectivity index (χ3v) is 6.54. The van der Waals surface area contributed by atoms with Crippen LogP contribution in [-0.2, 0) is 32.1 Å². The number of nitrogens with one attached hydrogen (secondary N) is 1. The van der Waals surface area contributed by atoms with Crippen molar-refractivity contribution < 1.29 is 37.1 Å². The Labute approximate surface area is 255 Å². The van der Waals surface area contributed by atoms with Gasteiger partial charge in [0, 0.05) is 38.5 Å². The van der Waals surface area contributed by atoms with Crippen molar-refractivity contribution in [3.05, 3.63) is 66.0 Å². The highest BCUT2D eigenvalue weighted by Gasteiger charge is 2.61. The van der Waals surface area contributed by atoms with Crippen LogP contribution in [0.1, 0.15) is 38.4 Å². The number of piperazine rings is 1. The summed E-state index contributed by atoms with van der Waals surface area (Å²) in [7, 11) is 1.70. The van der Waals surface area contributed by atoms with Gasteiger partial charge in [-0.3, -0.25) is 24.3 Å². The Morgan fingerprint density at radius 2 is 1.73 bits per heavy atom. The smallest absolute Gasteiger partial charge is 0.380 e. The topological polar surface area (TPSA) is 138 Å². The SMILES string of the molecule is CC(N)C(=O)NCC(=O)N1CCN2C(=O)N(CC(F)(F)F)C(=O)C2(Cc2ccccn2)C1.CCC.COCc1ccccc1. The minimum atomic E-state index is -4.77. The number of carbonyl (C=O) groups excluding carboxylic acids is 4. The molecule has 5 amide bonds. The van der Waals surface area contributed by atoms with E-state index in [-0.39, 0.29) is 31.0 Å². The maximum atomic E-state index is 13.2. The van der Waals surface area contributed by atoms with Crippen molar-refractivity contribution in [2.75, 3.05) is 39.8 Å². The van der Waals surface area contributed by atoms with E-state index in [2.05, 4.69) is 24.1 Å². The molecule has 1 aromatic carbocycles. The van der Waals surface area contributed by atoms with E-state index in [0.29, 0.717) is 12.3 Å². The third kappa shape index (κ3) is 10.0. The fourth-order valence-corrected chi connectivity index (χ4v) is 4.60. The largest absolute Gasteiger partial charge is 0.406 e. The summed E-state index contributed by atoms with van der Waals surface area (Å²) in [5, 5.41) is 2.37. The van der Waals surface area contributed by atoms with Gasteiger partial charge in [0.2, 0.25) is 11.8 Å². The lowest BCUT2D eigenvalue weighted by Gasteiger charge is -2.44. The molecule has 0 spiro atoms. The molecule has 11 nitrogen and oxygen atoms in total. The number of methoxy groups -OCH3 is 1. The van der Waals surface area contributed by atoms with Gasteiger partial charge in [-0.2, -0.15) is 13.2 Å². The van der Waals surface area contributed by atoms with Crippen molar-refractivity contribution in [2.45, 2.75) is 58.0 Å². The van der Waals surface area contributed by atoms with Crippen LogP contribution in [0.25, 0.3) is 0 Å². The zero-order valence-electron chi connectivity index (χ0n) is 25.5. The molecule has 3 heterocycles. The van der Waals surface area contributed by atoms with Gasteiger partial charge in [-0.15, -0.1) is 0 Å². The Hall–Kier alpha value is -4.04. The second kappa shape index (κ2) is 16.7. The highest BCUT2D eigenvalue weighted by molar-refractivity contribution is 6.08. The molecule has 2 aromatic rings. The zero-order chi connectivity index (χ0) is 32.9. The van der Waals surface area contributed by atoms with Crippen LogP contribution in [0, 0.1) is 0 Å². The number of benzene rings is 1. The maximum Gasteiger partial charge on any atom is 0.406 e. The number of carbonyl (C=O) groups is 4. The van der Waals surface area contributed by atoms with Gasteiger partial charge in [-0.25, -0.2) is 4.79 Å². The van der Waals surface area contributed by atoms with Crippen LogP contribution < -0.4 is 11.1 Å². The van der Waals surface area contributed by atoms with Crippen molar-refractivity contribution in [1.82, 2.24) is 25.0 Å². The first kappa shape index (κ1) is 36.2. The minimum absolute atomic E-state index is 0.00424. The van der Waals surface area contributed by atoms with Crippen LogP contribution in [-0.4, -0.2) is 101 Å². The number of rotatable bonds is 8. The number of imide groups is 1. The van der Waals surface area contributed by atoms with Crippen LogP contribution in [0.3, 0.4) is 0 Å². The molecule has 2 aliphatic rings. The minimum Gasteiger partial charge on any atom is -0.380 e. The van der Waals surface area contributed by atoms with Crippen molar-refractivity contribution in [2.24, 2.45) is 5.73 Å². The summed E-state index contributed by atoms with van der Waals surface area (Å²) in [5.74, 6) is -2.14. The van der Waals surface area contributed by atoms with Gasteiger partial charge in [0.1, 0.15) is 12.1 Å². The number of hydrogen-bond acceptors (Lipinski definition) is 7. The van der Waals surface area contributed by atoms with Gasteiger partial charge in [0.05, 0.1) is 25.7 Å². The summed E-state index contributed by atoms with van der Waals surface area (Å²) in [5.41, 5.74) is 5.32. The molecule has 2 atom stereocenters. The predicted octanol–water partition coefficient (Wildman–Crippen LogP) is 2.74. The number of alkyl halides is 3. The van der Waals surface area contributed by atoms with E-state index in [9.17, 15) is 32.3 Å². The second-order valence-corrected chi connectivity index (χ2v) is 10.4. The number of halogens is 3. The Morgan fingerprint density at radius 3 is 2.27 bits per heavy atom.